The Bertz CT molecular complexity index is 1420. The number of fused-ring (bicyclic) bond motifs is 1. The van der Waals surface area contributed by atoms with Crippen molar-refractivity contribution in [3.8, 4) is 0 Å². The molecule has 7 heteroatoms. The molecule has 2 heterocycles. The first-order chi connectivity index (χ1) is 18.1. The number of nitrogens with zero attached hydrogens (tertiary/aromatic N) is 3. The summed E-state index contributed by atoms with van der Waals surface area (Å²) in [6, 6.07) is 25.6. The highest BCUT2D eigenvalue weighted by atomic mass is 79.9. The lowest BCUT2D eigenvalue weighted by molar-refractivity contribution is -0.124. The molecule has 0 bridgehead atoms. The average Bonchev–Trinajstić information content (AvgIpc) is 3.37. The first kappa shape index (κ1) is 24.2. The number of para-hydroxylation sites is 1. The smallest absolute Gasteiger partial charge is 0.267 e. The van der Waals surface area contributed by atoms with Crippen LogP contribution in [-0.4, -0.2) is 27.9 Å². The zero-order chi connectivity index (χ0) is 25.4. The number of carbonyl (C=O) groups excluding carboxylic acids is 2. The lowest BCUT2D eigenvalue weighted by atomic mass is 9.94. The van der Waals surface area contributed by atoms with Crippen LogP contribution in [0, 0.1) is 0 Å². The fraction of sp³-hybridized carbons (Fsp3) is 0.233. The van der Waals surface area contributed by atoms with Crippen LogP contribution in [0.25, 0.3) is 5.57 Å². The van der Waals surface area contributed by atoms with Crippen LogP contribution in [0.1, 0.15) is 43.2 Å². The third kappa shape index (κ3) is 4.66. The molecule has 0 radical (unpaired) electrons. The molecule has 1 saturated heterocycles. The van der Waals surface area contributed by atoms with Gasteiger partial charge >= 0.3 is 0 Å². The summed E-state index contributed by atoms with van der Waals surface area (Å²) in [6.07, 6.45) is 5.31. The topological polar surface area (TPSA) is 53.0 Å². The van der Waals surface area contributed by atoms with Gasteiger partial charge in [-0.1, -0.05) is 83.7 Å². The molecule has 1 saturated carbocycles. The minimum absolute atomic E-state index is 0.105. The first-order valence-corrected chi connectivity index (χ1v) is 14.3. The van der Waals surface area contributed by atoms with Crippen molar-refractivity contribution >= 4 is 61.6 Å². The van der Waals surface area contributed by atoms with Gasteiger partial charge in [-0.25, -0.2) is 4.99 Å². The van der Waals surface area contributed by atoms with Gasteiger partial charge in [-0.05, 0) is 60.5 Å². The molecule has 2 fully saturated rings. The van der Waals surface area contributed by atoms with Crippen LogP contribution in [0.4, 0.5) is 11.4 Å². The van der Waals surface area contributed by atoms with E-state index in [1.165, 1.54) is 18.2 Å². The third-order valence-electron chi connectivity index (χ3n) is 7.12. The summed E-state index contributed by atoms with van der Waals surface area (Å²) >= 11 is 4.91. The van der Waals surface area contributed by atoms with E-state index in [1.54, 1.807) is 4.90 Å². The second kappa shape index (κ2) is 10.3. The number of carbonyl (C=O) groups is 2. The minimum Gasteiger partial charge on any atom is -0.303 e. The van der Waals surface area contributed by atoms with Crippen LogP contribution in [0.3, 0.4) is 0 Å². The fourth-order valence-corrected chi connectivity index (χ4v) is 6.85. The normalized spacial score (nSPS) is 21.3. The quantitative estimate of drug-likeness (QED) is 0.308. The minimum atomic E-state index is -0.141. The molecule has 6 rings (SSSR count). The monoisotopic (exact) mass is 571 g/mol. The van der Waals surface area contributed by atoms with Gasteiger partial charge in [0.1, 0.15) is 0 Å². The highest BCUT2D eigenvalue weighted by Gasteiger charge is 2.45. The molecular weight excluding hydrogens is 546 g/mol. The molecular formula is C30H26BrN3O2S. The summed E-state index contributed by atoms with van der Waals surface area (Å²) in [7, 11) is 0. The molecule has 1 aliphatic carbocycles. The maximum absolute atomic E-state index is 14.1. The van der Waals surface area contributed by atoms with E-state index < -0.39 is 0 Å². The van der Waals surface area contributed by atoms with E-state index in [9.17, 15) is 9.59 Å². The summed E-state index contributed by atoms with van der Waals surface area (Å²) in [5.74, 6) is -0.250. The van der Waals surface area contributed by atoms with Crippen LogP contribution >= 0.6 is 27.7 Å². The molecule has 3 aliphatic rings. The van der Waals surface area contributed by atoms with Crippen molar-refractivity contribution in [3.05, 3.63) is 99.4 Å². The van der Waals surface area contributed by atoms with E-state index in [-0.39, 0.29) is 17.9 Å². The van der Waals surface area contributed by atoms with Gasteiger partial charge in [-0.3, -0.25) is 14.5 Å². The molecule has 37 heavy (non-hydrogen) atoms. The number of hydrogen-bond donors (Lipinski definition) is 0. The van der Waals surface area contributed by atoms with Crippen molar-refractivity contribution in [3.63, 3.8) is 0 Å². The Balaban J connectivity index is 1.46. The molecule has 0 aromatic heterocycles. The molecule has 0 atom stereocenters. The zero-order valence-corrected chi connectivity index (χ0v) is 22.7. The Kier molecular flexibility index (Phi) is 6.74. The first-order valence-electron chi connectivity index (χ1n) is 12.7. The van der Waals surface area contributed by atoms with Crippen LogP contribution in [0.2, 0.25) is 0 Å². The average molecular weight is 573 g/mol. The molecule has 0 spiro atoms. The number of anilines is 1. The maximum Gasteiger partial charge on any atom is 0.267 e. The van der Waals surface area contributed by atoms with E-state index in [0.29, 0.717) is 22.2 Å². The van der Waals surface area contributed by atoms with Crippen LogP contribution in [0.5, 0.6) is 0 Å². The predicted octanol–water partition coefficient (Wildman–Crippen LogP) is 7.30. The standard InChI is InChI=1S/C30H26BrN3O2S/c31-21-16-17-25-24(18-21)26(28(35)33(25)19-20-10-4-1-5-11-20)27-29(36)34(23-14-8-3-9-15-23)30(37-27)32-22-12-6-2-7-13-22/h1-2,4-7,10-13,16-18,23H,3,8-9,14-15,19H2/b27-26-,32-30?. The summed E-state index contributed by atoms with van der Waals surface area (Å²) in [5.41, 5.74) is 3.93. The maximum atomic E-state index is 14.1. The van der Waals surface area contributed by atoms with E-state index in [1.807, 2.05) is 83.8 Å². The Morgan fingerprint density at radius 3 is 2.30 bits per heavy atom. The number of benzene rings is 3. The molecule has 0 unspecified atom stereocenters. The Hall–Kier alpha value is -3.16. The van der Waals surface area contributed by atoms with Crippen LogP contribution in [-0.2, 0) is 16.1 Å². The van der Waals surface area contributed by atoms with Gasteiger partial charge in [0.25, 0.3) is 11.8 Å². The van der Waals surface area contributed by atoms with Gasteiger partial charge in [0, 0.05) is 16.1 Å². The second-order valence-electron chi connectivity index (χ2n) is 9.54. The van der Waals surface area contributed by atoms with Crippen molar-refractivity contribution in [2.24, 2.45) is 4.99 Å². The lowest BCUT2D eigenvalue weighted by Crippen LogP contribution is -2.40. The van der Waals surface area contributed by atoms with Crippen molar-refractivity contribution in [1.29, 1.82) is 0 Å². The number of hydrogen-bond acceptors (Lipinski definition) is 4. The highest BCUT2D eigenvalue weighted by molar-refractivity contribution is 9.10. The Morgan fingerprint density at radius 1 is 0.865 bits per heavy atom. The number of amidine groups is 1. The van der Waals surface area contributed by atoms with Crippen molar-refractivity contribution in [2.45, 2.75) is 44.7 Å². The van der Waals surface area contributed by atoms with Crippen molar-refractivity contribution in [2.75, 3.05) is 4.90 Å². The molecule has 3 aromatic rings. The van der Waals surface area contributed by atoms with E-state index in [2.05, 4.69) is 15.9 Å². The summed E-state index contributed by atoms with van der Waals surface area (Å²) in [6.45, 7) is 0.446. The molecule has 0 N–H and O–H groups in total. The number of amides is 2. The SMILES string of the molecule is O=C1/C(=C2\SC(=Nc3ccccc3)N(C3CCCCC3)C2=O)c2cc(Br)ccc2N1Cc1ccccc1. The largest absolute Gasteiger partial charge is 0.303 e. The van der Waals surface area contributed by atoms with Gasteiger partial charge in [-0.15, -0.1) is 0 Å². The van der Waals surface area contributed by atoms with Gasteiger partial charge < -0.3 is 4.90 Å². The van der Waals surface area contributed by atoms with Crippen molar-refractivity contribution in [1.82, 2.24) is 4.90 Å². The zero-order valence-electron chi connectivity index (χ0n) is 20.3. The summed E-state index contributed by atoms with van der Waals surface area (Å²) in [5, 5.41) is 0.663. The molecule has 2 aliphatic heterocycles. The fourth-order valence-electron chi connectivity index (χ4n) is 5.34. The molecule has 5 nitrogen and oxygen atoms in total. The van der Waals surface area contributed by atoms with Gasteiger partial charge in [0.05, 0.1) is 28.4 Å². The van der Waals surface area contributed by atoms with E-state index in [0.717, 1.165) is 52.7 Å². The van der Waals surface area contributed by atoms with E-state index in [4.69, 9.17) is 4.99 Å². The number of thioether (sulfide) groups is 1. The second-order valence-corrected chi connectivity index (χ2v) is 11.4. The van der Waals surface area contributed by atoms with Gasteiger partial charge in [-0.2, -0.15) is 0 Å². The summed E-state index contributed by atoms with van der Waals surface area (Å²) < 4.78 is 0.872. The van der Waals surface area contributed by atoms with Gasteiger partial charge in [0.2, 0.25) is 0 Å². The highest BCUT2D eigenvalue weighted by Crippen LogP contribution is 2.47. The Labute approximate surface area is 229 Å². The van der Waals surface area contributed by atoms with Crippen LogP contribution < -0.4 is 4.90 Å². The van der Waals surface area contributed by atoms with Crippen molar-refractivity contribution < 1.29 is 9.59 Å². The molecule has 186 valence electrons. The van der Waals surface area contributed by atoms with Crippen LogP contribution in [0.15, 0.2) is 93.2 Å². The molecule has 2 amide bonds. The Morgan fingerprint density at radius 2 is 1.57 bits per heavy atom. The van der Waals surface area contributed by atoms with E-state index >= 15 is 0 Å². The molecule has 3 aromatic carbocycles. The summed E-state index contributed by atoms with van der Waals surface area (Å²) in [4.78, 5) is 37.1. The van der Waals surface area contributed by atoms with Gasteiger partial charge in [0.15, 0.2) is 5.17 Å². The lowest BCUT2D eigenvalue weighted by Gasteiger charge is -2.30. The third-order valence-corrected chi connectivity index (χ3v) is 8.67. The number of rotatable bonds is 4. The number of halogens is 1. The number of aliphatic imine (C=N–C) groups is 1. The predicted molar refractivity (Wildman–Crippen MR) is 154 cm³/mol.